The highest BCUT2D eigenvalue weighted by Crippen LogP contribution is 2.44. The average molecular weight is 344 g/mol. The lowest BCUT2D eigenvalue weighted by molar-refractivity contribution is -0.142. The third-order valence-corrected chi connectivity index (χ3v) is 5.91. The number of nitrogens with zero attached hydrogens (tertiary/aromatic N) is 1. The van der Waals surface area contributed by atoms with Crippen molar-refractivity contribution in [1.29, 1.82) is 0 Å². The van der Waals surface area contributed by atoms with Crippen LogP contribution < -0.4 is 5.73 Å². The van der Waals surface area contributed by atoms with Crippen molar-refractivity contribution in [1.82, 2.24) is 4.90 Å². The molecule has 2 aliphatic heterocycles. The molecular weight excluding hydrogens is 312 g/mol. The summed E-state index contributed by atoms with van der Waals surface area (Å²) in [5, 5.41) is 0. The monoisotopic (exact) mass is 344 g/mol. The van der Waals surface area contributed by atoms with E-state index in [1.165, 1.54) is 11.1 Å². The SMILES string of the molecule is CCc1ccccc1C1C(N)C(C(C)(C)C)CN1C(=O)C1CCCO1. The summed E-state index contributed by atoms with van der Waals surface area (Å²) in [6.07, 6.45) is 2.45. The Labute approximate surface area is 151 Å². The molecule has 2 heterocycles. The Bertz CT molecular complexity index is 617. The molecule has 0 saturated carbocycles. The zero-order valence-corrected chi connectivity index (χ0v) is 16.0. The van der Waals surface area contributed by atoms with Crippen LogP contribution in [0, 0.1) is 11.3 Å². The van der Waals surface area contributed by atoms with Gasteiger partial charge in [-0.3, -0.25) is 4.79 Å². The number of carbonyl (C=O) groups is 1. The van der Waals surface area contributed by atoms with Gasteiger partial charge in [-0.2, -0.15) is 0 Å². The summed E-state index contributed by atoms with van der Waals surface area (Å²) in [6.45, 7) is 10.2. The molecule has 0 bridgehead atoms. The third-order valence-electron chi connectivity index (χ3n) is 5.91. The molecule has 25 heavy (non-hydrogen) atoms. The molecule has 0 spiro atoms. The van der Waals surface area contributed by atoms with Crippen LogP contribution in [0.3, 0.4) is 0 Å². The molecule has 138 valence electrons. The number of likely N-dealkylation sites (tertiary alicyclic amines) is 1. The lowest BCUT2D eigenvalue weighted by atomic mass is 9.76. The number of rotatable bonds is 3. The van der Waals surface area contributed by atoms with Crippen molar-refractivity contribution in [2.24, 2.45) is 17.1 Å². The van der Waals surface area contributed by atoms with E-state index in [1.807, 2.05) is 4.90 Å². The number of aryl methyl sites for hydroxylation is 1. The number of nitrogens with two attached hydrogens (primary N) is 1. The van der Waals surface area contributed by atoms with Crippen LogP contribution in [0.1, 0.15) is 57.7 Å². The molecule has 2 saturated heterocycles. The van der Waals surface area contributed by atoms with Gasteiger partial charge in [-0.15, -0.1) is 0 Å². The van der Waals surface area contributed by atoms with Gasteiger partial charge in [0.25, 0.3) is 5.91 Å². The Kier molecular flexibility index (Phi) is 5.21. The van der Waals surface area contributed by atoms with Gasteiger partial charge in [0.05, 0.1) is 6.04 Å². The van der Waals surface area contributed by atoms with Gasteiger partial charge in [0.2, 0.25) is 0 Å². The van der Waals surface area contributed by atoms with Crippen molar-refractivity contribution in [3.8, 4) is 0 Å². The molecule has 4 nitrogen and oxygen atoms in total. The van der Waals surface area contributed by atoms with E-state index in [-0.39, 0.29) is 35.4 Å². The molecular formula is C21H32N2O2. The number of carbonyl (C=O) groups excluding carboxylic acids is 1. The summed E-state index contributed by atoms with van der Waals surface area (Å²) in [5.74, 6) is 0.392. The number of ether oxygens (including phenoxy) is 1. The molecule has 1 aromatic rings. The second-order valence-corrected chi connectivity index (χ2v) is 8.54. The number of hydrogen-bond donors (Lipinski definition) is 1. The van der Waals surface area contributed by atoms with Crippen molar-refractivity contribution < 1.29 is 9.53 Å². The topological polar surface area (TPSA) is 55.6 Å². The summed E-state index contributed by atoms with van der Waals surface area (Å²) in [7, 11) is 0. The molecule has 2 fully saturated rings. The van der Waals surface area contributed by atoms with Crippen molar-refractivity contribution >= 4 is 5.91 Å². The Balaban J connectivity index is 1.99. The fourth-order valence-electron chi connectivity index (χ4n) is 4.43. The first-order chi connectivity index (χ1) is 11.8. The number of amides is 1. The molecule has 4 atom stereocenters. The van der Waals surface area contributed by atoms with Crippen LogP contribution in [-0.4, -0.2) is 36.1 Å². The zero-order chi connectivity index (χ0) is 18.2. The molecule has 2 N–H and O–H groups in total. The maximum Gasteiger partial charge on any atom is 0.252 e. The molecule has 0 aromatic heterocycles. The molecule has 2 aliphatic rings. The maximum absolute atomic E-state index is 13.2. The highest BCUT2D eigenvalue weighted by atomic mass is 16.5. The molecule has 3 rings (SSSR count). The first kappa shape index (κ1) is 18.4. The van der Waals surface area contributed by atoms with Gasteiger partial charge < -0.3 is 15.4 Å². The van der Waals surface area contributed by atoms with E-state index >= 15 is 0 Å². The van der Waals surface area contributed by atoms with E-state index < -0.39 is 0 Å². The zero-order valence-electron chi connectivity index (χ0n) is 16.0. The van der Waals surface area contributed by atoms with Crippen LogP contribution in [0.5, 0.6) is 0 Å². The van der Waals surface area contributed by atoms with E-state index in [9.17, 15) is 4.79 Å². The van der Waals surface area contributed by atoms with Gasteiger partial charge in [0.1, 0.15) is 6.10 Å². The first-order valence-corrected chi connectivity index (χ1v) is 9.60. The van der Waals surface area contributed by atoms with Crippen LogP contribution in [0.4, 0.5) is 0 Å². The molecule has 4 heteroatoms. The molecule has 0 radical (unpaired) electrons. The van der Waals surface area contributed by atoms with Gasteiger partial charge in [0.15, 0.2) is 0 Å². The van der Waals surface area contributed by atoms with Gasteiger partial charge in [-0.05, 0) is 41.7 Å². The van der Waals surface area contributed by atoms with E-state index in [1.54, 1.807) is 0 Å². The number of benzene rings is 1. The summed E-state index contributed by atoms with van der Waals surface area (Å²) >= 11 is 0. The fourth-order valence-corrected chi connectivity index (χ4v) is 4.43. The van der Waals surface area contributed by atoms with Crippen LogP contribution in [0.15, 0.2) is 24.3 Å². The highest BCUT2D eigenvalue weighted by molar-refractivity contribution is 5.82. The molecule has 1 amide bonds. The van der Waals surface area contributed by atoms with Gasteiger partial charge in [0, 0.05) is 19.2 Å². The van der Waals surface area contributed by atoms with E-state index in [2.05, 4.69) is 52.0 Å². The van der Waals surface area contributed by atoms with Crippen LogP contribution >= 0.6 is 0 Å². The minimum absolute atomic E-state index is 0.0574. The van der Waals surface area contributed by atoms with Crippen LogP contribution in [-0.2, 0) is 16.0 Å². The standard InChI is InChI=1S/C21H32N2O2/c1-5-14-9-6-7-10-15(14)19-18(22)16(21(2,3)4)13-23(19)20(24)17-11-8-12-25-17/h6-7,9-10,16-19H,5,8,11-13,22H2,1-4H3. The Morgan fingerprint density at radius 1 is 1.32 bits per heavy atom. The lowest BCUT2D eigenvalue weighted by Gasteiger charge is -2.31. The van der Waals surface area contributed by atoms with Crippen LogP contribution in [0.25, 0.3) is 0 Å². The fraction of sp³-hybridized carbons (Fsp3) is 0.667. The first-order valence-electron chi connectivity index (χ1n) is 9.60. The summed E-state index contributed by atoms with van der Waals surface area (Å²) < 4.78 is 5.69. The van der Waals surface area contributed by atoms with Gasteiger partial charge >= 0.3 is 0 Å². The van der Waals surface area contributed by atoms with E-state index in [4.69, 9.17) is 10.5 Å². The van der Waals surface area contributed by atoms with Crippen molar-refractivity contribution in [2.45, 2.75) is 65.1 Å². The minimum atomic E-state index is -0.290. The largest absolute Gasteiger partial charge is 0.368 e. The second kappa shape index (κ2) is 7.08. The summed E-state index contributed by atoms with van der Waals surface area (Å²) in [6, 6.07) is 8.30. The predicted molar refractivity (Wildman–Crippen MR) is 100 cm³/mol. The van der Waals surface area contributed by atoms with Gasteiger partial charge in [-0.25, -0.2) is 0 Å². The van der Waals surface area contributed by atoms with Crippen molar-refractivity contribution in [3.63, 3.8) is 0 Å². The predicted octanol–water partition coefficient (Wildman–Crippen LogP) is 3.30. The quantitative estimate of drug-likeness (QED) is 0.915. The summed E-state index contributed by atoms with van der Waals surface area (Å²) in [4.78, 5) is 15.2. The molecule has 0 aliphatic carbocycles. The normalized spacial score (nSPS) is 30.0. The smallest absolute Gasteiger partial charge is 0.252 e. The highest BCUT2D eigenvalue weighted by Gasteiger charge is 2.49. The Morgan fingerprint density at radius 3 is 2.64 bits per heavy atom. The average Bonchev–Trinajstić information content (AvgIpc) is 3.21. The van der Waals surface area contributed by atoms with Gasteiger partial charge in [-0.1, -0.05) is 52.0 Å². The molecule has 4 unspecified atom stereocenters. The number of hydrogen-bond acceptors (Lipinski definition) is 3. The minimum Gasteiger partial charge on any atom is -0.368 e. The third kappa shape index (κ3) is 3.47. The van der Waals surface area contributed by atoms with E-state index in [0.29, 0.717) is 13.2 Å². The maximum atomic E-state index is 13.2. The Morgan fingerprint density at radius 2 is 2.04 bits per heavy atom. The van der Waals surface area contributed by atoms with E-state index in [0.717, 1.165) is 19.3 Å². The lowest BCUT2D eigenvalue weighted by Crippen LogP contribution is -2.42. The second-order valence-electron chi connectivity index (χ2n) is 8.54. The van der Waals surface area contributed by atoms with Crippen molar-refractivity contribution in [3.05, 3.63) is 35.4 Å². The van der Waals surface area contributed by atoms with Crippen LogP contribution in [0.2, 0.25) is 0 Å². The van der Waals surface area contributed by atoms with Crippen molar-refractivity contribution in [2.75, 3.05) is 13.2 Å². The molecule has 1 aromatic carbocycles. The Hall–Kier alpha value is -1.39. The summed E-state index contributed by atoms with van der Waals surface area (Å²) in [5.41, 5.74) is 9.30.